The fourth-order valence-corrected chi connectivity index (χ4v) is 4.85. The van der Waals surface area contributed by atoms with Gasteiger partial charge in [-0.3, -0.25) is 4.98 Å². The quantitative estimate of drug-likeness (QED) is 0.293. The minimum atomic E-state index is 0. The Morgan fingerprint density at radius 2 is 1.42 bits per heavy atom. The van der Waals surface area contributed by atoms with Crippen LogP contribution in [0.25, 0.3) is 20.7 Å². The molecule has 0 atom stereocenters. The first-order chi connectivity index (χ1) is 10.7. The van der Waals surface area contributed by atoms with Gasteiger partial charge in [-0.15, -0.1) is 17.0 Å². The molecule has 129 valence electrons. The van der Waals surface area contributed by atoms with Crippen molar-refractivity contribution in [3.63, 3.8) is 0 Å². The Morgan fingerprint density at radius 3 is 2.04 bits per heavy atom. The van der Waals surface area contributed by atoms with E-state index >= 15 is 0 Å². The van der Waals surface area contributed by atoms with Crippen LogP contribution in [0.15, 0.2) is 4.47 Å². The van der Waals surface area contributed by atoms with Crippen molar-refractivity contribution in [2.45, 2.75) is 48.5 Å². The summed E-state index contributed by atoms with van der Waals surface area (Å²) in [5.41, 5.74) is 9.99. The van der Waals surface area contributed by atoms with Crippen LogP contribution in [0.1, 0.15) is 39.1 Å². The van der Waals surface area contributed by atoms with Gasteiger partial charge >= 0.3 is 0 Å². The van der Waals surface area contributed by atoms with Gasteiger partial charge in [-0.25, -0.2) is 11.3 Å². The minimum Gasteiger partial charge on any atom is -0.299 e. The van der Waals surface area contributed by atoms with Gasteiger partial charge in [0.2, 0.25) is 0 Å². The molecular weight excluding hydrogens is 558 g/mol. The molecule has 0 aliphatic rings. The normalized spacial score (nSPS) is 11.0. The van der Waals surface area contributed by atoms with Gasteiger partial charge in [0.15, 0.2) is 0 Å². The zero-order chi connectivity index (χ0) is 17.0. The van der Waals surface area contributed by atoms with Gasteiger partial charge in [-0.05, 0) is 56.7 Å². The summed E-state index contributed by atoms with van der Waals surface area (Å²) < 4.78 is 2.53. The average Bonchev–Trinajstić information content (AvgIpc) is 2.97. The molecule has 0 N–H and O–H groups in total. The summed E-state index contributed by atoms with van der Waals surface area (Å²) in [7, 11) is 0. The molecule has 0 aliphatic heterocycles. The molecule has 0 saturated carbocycles. The summed E-state index contributed by atoms with van der Waals surface area (Å²) in [5.74, 6) is 0. The number of thiophene rings is 1. The molecule has 0 bridgehead atoms. The van der Waals surface area contributed by atoms with Crippen LogP contribution >= 0.6 is 27.3 Å². The minimum absolute atomic E-state index is 0. The van der Waals surface area contributed by atoms with Crippen LogP contribution in [-0.4, -0.2) is 4.98 Å². The van der Waals surface area contributed by atoms with E-state index in [0.717, 1.165) is 16.3 Å². The van der Waals surface area contributed by atoms with Crippen molar-refractivity contribution < 1.29 is 20.1 Å². The van der Waals surface area contributed by atoms with E-state index in [2.05, 4.69) is 70.5 Å². The maximum absolute atomic E-state index is 4.87. The van der Waals surface area contributed by atoms with Crippen LogP contribution in [0, 0.1) is 54.5 Å². The predicted octanol–water partition coefficient (Wildman–Crippen LogP) is 6.68. The number of aromatic nitrogens is 1. The third-order valence-electron chi connectivity index (χ3n) is 5.12. The van der Waals surface area contributed by atoms with Gasteiger partial charge in [0.1, 0.15) is 0 Å². The third kappa shape index (κ3) is 2.92. The van der Waals surface area contributed by atoms with Crippen LogP contribution in [0.5, 0.6) is 0 Å². The number of halogens is 1. The smallest absolute Gasteiger partial charge is 0.0298 e. The summed E-state index contributed by atoms with van der Waals surface area (Å²) in [6, 6.07) is 3.64. The Labute approximate surface area is 170 Å². The number of hydrogen-bond acceptors (Lipinski definition) is 2. The molecule has 4 heteroatoms. The monoisotopic (exact) mass is 579 g/mol. The van der Waals surface area contributed by atoms with Gasteiger partial charge in [-0.1, -0.05) is 45.1 Å². The van der Waals surface area contributed by atoms with E-state index in [0.29, 0.717) is 0 Å². The van der Waals surface area contributed by atoms with Gasteiger partial charge in [0, 0.05) is 36.0 Å². The second-order valence-electron chi connectivity index (χ2n) is 6.37. The van der Waals surface area contributed by atoms with Crippen molar-refractivity contribution >= 4 is 37.4 Å². The standard InChI is InChI=1S/C20H21BrNS.Ir/c1-9-10(2)15(7)22-19(13(9)5)17-8-16-11(3)12(4)18(21)14(6)20(16)23-17;/h1-7H3;/q-1;. The zero-order valence-electron chi connectivity index (χ0n) is 15.1. The summed E-state index contributed by atoms with van der Waals surface area (Å²) in [5, 5.41) is 1.24. The van der Waals surface area contributed by atoms with E-state index in [9.17, 15) is 0 Å². The van der Waals surface area contributed by atoms with Crippen molar-refractivity contribution in [1.82, 2.24) is 4.98 Å². The van der Waals surface area contributed by atoms with Gasteiger partial charge in [0.25, 0.3) is 0 Å². The molecule has 3 aromatic rings. The third-order valence-corrected chi connectivity index (χ3v) is 7.53. The first-order valence-corrected chi connectivity index (χ1v) is 9.40. The van der Waals surface area contributed by atoms with E-state index in [4.69, 9.17) is 4.98 Å². The van der Waals surface area contributed by atoms with Gasteiger partial charge in [-0.2, -0.15) is 0 Å². The molecule has 24 heavy (non-hydrogen) atoms. The molecule has 2 aromatic heterocycles. The summed E-state index contributed by atoms with van der Waals surface area (Å²) in [4.78, 5) is 6.02. The molecule has 0 saturated heterocycles. The second kappa shape index (κ2) is 6.99. The van der Waals surface area contributed by atoms with Crippen LogP contribution in [0.4, 0.5) is 0 Å². The van der Waals surface area contributed by atoms with Crippen molar-refractivity contribution in [1.29, 1.82) is 0 Å². The van der Waals surface area contributed by atoms with Crippen LogP contribution < -0.4 is 0 Å². The molecule has 0 spiro atoms. The van der Waals surface area contributed by atoms with Gasteiger partial charge in [0.05, 0.1) is 0 Å². The van der Waals surface area contributed by atoms with Crippen LogP contribution in [0.3, 0.4) is 0 Å². The number of aryl methyl sites for hydroxylation is 3. The molecule has 0 aliphatic carbocycles. The van der Waals surface area contributed by atoms with Crippen LogP contribution in [-0.2, 0) is 20.1 Å². The predicted molar refractivity (Wildman–Crippen MR) is 105 cm³/mol. The molecule has 1 nitrogen and oxygen atoms in total. The molecule has 3 rings (SSSR count). The topological polar surface area (TPSA) is 12.9 Å². The number of hydrogen-bond donors (Lipinski definition) is 0. The summed E-state index contributed by atoms with van der Waals surface area (Å²) in [6.45, 7) is 15.1. The molecule has 0 unspecified atom stereocenters. The Balaban J connectivity index is 0.00000208. The first kappa shape index (κ1) is 19.8. The largest absolute Gasteiger partial charge is 0.299 e. The summed E-state index contributed by atoms with van der Waals surface area (Å²) in [6.07, 6.45) is 0. The summed E-state index contributed by atoms with van der Waals surface area (Å²) >= 11 is 5.54. The van der Waals surface area contributed by atoms with Crippen molar-refractivity contribution in [3.05, 3.63) is 49.6 Å². The average molecular weight is 580 g/mol. The molecule has 1 aromatic carbocycles. The Hall–Kier alpha value is -0.541. The fourth-order valence-electron chi connectivity index (χ4n) is 3.00. The molecule has 0 fully saturated rings. The Kier molecular flexibility index (Phi) is 5.76. The van der Waals surface area contributed by atoms with Crippen molar-refractivity contribution in [2.75, 3.05) is 0 Å². The number of benzene rings is 1. The Morgan fingerprint density at radius 1 is 0.792 bits per heavy atom. The number of nitrogens with zero attached hydrogens (tertiary/aromatic N) is 1. The van der Waals surface area contributed by atoms with E-state index in [-0.39, 0.29) is 20.1 Å². The van der Waals surface area contributed by atoms with Crippen LogP contribution in [0.2, 0.25) is 0 Å². The van der Waals surface area contributed by atoms with E-state index in [1.54, 1.807) is 11.3 Å². The molecule has 0 amide bonds. The van der Waals surface area contributed by atoms with E-state index in [1.165, 1.54) is 47.9 Å². The zero-order valence-corrected chi connectivity index (χ0v) is 19.9. The maximum atomic E-state index is 4.87. The first-order valence-electron chi connectivity index (χ1n) is 7.79. The van der Waals surface area contributed by atoms with Gasteiger partial charge < -0.3 is 0 Å². The maximum Gasteiger partial charge on any atom is 0.0298 e. The number of fused-ring (bicyclic) bond motifs is 1. The molecular formula is C20H21BrIrNS-. The SMILES string of the molecule is Cc1nc(-c2[c-]c3c(C)c(C)c(Br)c(C)c3s2)c(C)c(C)c1C.[Ir]. The number of pyridine rings is 1. The molecule has 2 heterocycles. The van der Waals surface area contributed by atoms with Crippen molar-refractivity contribution in [3.8, 4) is 10.6 Å². The number of rotatable bonds is 1. The fraction of sp³-hybridized carbons (Fsp3) is 0.350. The Bertz CT molecular complexity index is 912. The van der Waals surface area contributed by atoms with Crippen molar-refractivity contribution in [2.24, 2.45) is 0 Å². The van der Waals surface area contributed by atoms with E-state index in [1.807, 2.05) is 0 Å². The van der Waals surface area contributed by atoms with E-state index < -0.39 is 0 Å². The molecule has 1 radical (unpaired) electrons. The second-order valence-corrected chi connectivity index (χ2v) is 8.18.